The predicted molar refractivity (Wildman–Crippen MR) is 69.0 cm³/mol. The molecule has 0 amide bonds. The molecule has 7 heteroatoms. The lowest BCUT2D eigenvalue weighted by Gasteiger charge is -2.09. The summed E-state index contributed by atoms with van der Waals surface area (Å²) in [5, 5.41) is 3.62. The van der Waals surface area contributed by atoms with Crippen molar-refractivity contribution >= 4 is 34.9 Å². The topological polar surface area (TPSA) is 102 Å². The number of nitrogens with two attached hydrogens (primary N) is 2. The number of hydrogen-bond donors (Lipinski definition) is 4. The number of aromatic nitrogens is 2. The summed E-state index contributed by atoms with van der Waals surface area (Å²) >= 11 is 6.01. The summed E-state index contributed by atoms with van der Waals surface area (Å²) in [4.78, 5) is 7.89. The molecular formula is C10H11ClN6. The molecule has 0 aliphatic rings. The van der Waals surface area contributed by atoms with Crippen LogP contribution in [0.25, 0.3) is 0 Å². The molecule has 0 unspecified atom stereocenters. The number of halogens is 1. The molecule has 0 spiro atoms. The van der Waals surface area contributed by atoms with E-state index in [2.05, 4.69) is 20.7 Å². The van der Waals surface area contributed by atoms with Gasteiger partial charge in [0.25, 0.3) is 0 Å². The molecule has 6 N–H and O–H groups in total. The molecule has 88 valence electrons. The van der Waals surface area contributed by atoms with Gasteiger partial charge in [-0.05, 0) is 12.1 Å². The van der Waals surface area contributed by atoms with E-state index in [0.29, 0.717) is 16.7 Å². The second-order valence-electron chi connectivity index (χ2n) is 3.25. The first-order valence-electron chi connectivity index (χ1n) is 4.82. The molecule has 1 aromatic carbocycles. The van der Waals surface area contributed by atoms with Gasteiger partial charge in [0.15, 0.2) is 0 Å². The number of hydrogen-bond acceptors (Lipinski definition) is 6. The zero-order valence-electron chi connectivity index (χ0n) is 8.81. The Morgan fingerprint density at radius 2 is 1.82 bits per heavy atom. The number of nitrogens with zero attached hydrogens (tertiary/aromatic N) is 2. The maximum atomic E-state index is 6.01. The van der Waals surface area contributed by atoms with Crippen molar-refractivity contribution in [2.24, 2.45) is 5.84 Å². The highest BCUT2D eigenvalue weighted by Gasteiger charge is 2.03. The Morgan fingerprint density at radius 3 is 2.53 bits per heavy atom. The minimum atomic E-state index is 0.120. The highest BCUT2D eigenvalue weighted by Crippen LogP contribution is 2.24. The van der Waals surface area contributed by atoms with E-state index in [4.69, 9.17) is 23.2 Å². The molecule has 0 aliphatic carbocycles. The van der Waals surface area contributed by atoms with Gasteiger partial charge in [-0.1, -0.05) is 23.7 Å². The van der Waals surface area contributed by atoms with Crippen LogP contribution in [0, 0.1) is 0 Å². The van der Waals surface area contributed by atoms with E-state index in [0.717, 1.165) is 5.69 Å². The standard InChI is InChI=1S/C10H11ClN6/c11-6-3-1-2-4-7(6)14-8-5-9(17-13)16-10(12)15-8/h1-5H,13H2,(H4,12,14,15,16,17). The summed E-state index contributed by atoms with van der Waals surface area (Å²) in [6.45, 7) is 0. The molecule has 0 bridgehead atoms. The van der Waals surface area contributed by atoms with Crippen LogP contribution in [0.3, 0.4) is 0 Å². The van der Waals surface area contributed by atoms with Crippen molar-refractivity contribution in [3.63, 3.8) is 0 Å². The normalized spacial score (nSPS) is 10.0. The largest absolute Gasteiger partial charge is 0.368 e. The van der Waals surface area contributed by atoms with Gasteiger partial charge in [0.2, 0.25) is 5.95 Å². The number of rotatable bonds is 3. The third-order valence-corrected chi connectivity index (χ3v) is 2.36. The van der Waals surface area contributed by atoms with Crippen molar-refractivity contribution in [2.75, 3.05) is 16.5 Å². The highest BCUT2D eigenvalue weighted by atomic mass is 35.5. The molecule has 0 fully saturated rings. The van der Waals surface area contributed by atoms with Crippen molar-refractivity contribution in [3.8, 4) is 0 Å². The molecule has 0 atom stereocenters. The number of benzene rings is 1. The maximum Gasteiger partial charge on any atom is 0.223 e. The van der Waals surface area contributed by atoms with Crippen LogP contribution < -0.4 is 22.3 Å². The van der Waals surface area contributed by atoms with E-state index >= 15 is 0 Å². The Morgan fingerprint density at radius 1 is 1.12 bits per heavy atom. The minimum absolute atomic E-state index is 0.120. The SMILES string of the molecule is NNc1cc(Nc2ccccc2Cl)nc(N)n1. The van der Waals surface area contributed by atoms with Gasteiger partial charge in [-0.25, -0.2) is 5.84 Å². The van der Waals surface area contributed by atoms with Crippen LogP contribution in [0.1, 0.15) is 0 Å². The second kappa shape index (κ2) is 4.86. The minimum Gasteiger partial charge on any atom is -0.368 e. The summed E-state index contributed by atoms with van der Waals surface area (Å²) in [6, 6.07) is 8.93. The number of hydrazine groups is 1. The quantitative estimate of drug-likeness (QED) is 0.489. The van der Waals surface area contributed by atoms with Gasteiger partial charge >= 0.3 is 0 Å². The Labute approximate surface area is 103 Å². The molecular weight excluding hydrogens is 240 g/mol. The first-order chi connectivity index (χ1) is 8.19. The van der Waals surface area contributed by atoms with Crippen LogP contribution in [0.2, 0.25) is 5.02 Å². The summed E-state index contributed by atoms with van der Waals surface area (Å²) in [5.41, 5.74) is 8.67. The number of nitrogen functional groups attached to an aromatic ring is 2. The lowest BCUT2D eigenvalue weighted by molar-refractivity contribution is 1.15. The average Bonchev–Trinajstić information content (AvgIpc) is 2.31. The van der Waals surface area contributed by atoms with E-state index in [1.54, 1.807) is 12.1 Å². The third-order valence-electron chi connectivity index (χ3n) is 2.03. The summed E-state index contributed by atoms with van der Waals surface area (Å²) in [5.74, 6) is 6.32. The van der Waals surface area contributed by atoms with E-state index in [1.807, 2.05) is 18.2 Å². The Bertz CT molecular complexity index is 530. The first-order valence-corrected chi connectivity index (χ1v) is 5.19. The fraction of sp³-hybridized carbons (Fsp3) is 0. The highest BCUT2D eigenvalue weighted by molar-refractivity contribution is 6.33. The van der Waals surface area contributed by atoms with Crippen LogP contribution in [0.15, 0.2) is 30.3 Å². The molecule has 1 aromatic heterocycles. The summed E-state index contributed by atoms with van der Waals surface area (Å²) < 4.78 is 0. The molecule has 1 heterocycles. The van der Waals surface area contributed by atoms with Crippen molar-refractivity contribution in [1.29, 1.82) is 0 Å². The van der Waals surface area contributed by atoms with Gasteiger partial charge in [0.05, 0.1) is 10.7 Å². The van der Waals surface area contributed by atoms with Crippen molar-refractivity contribution in [2.45, 2.75) is 0 Å². The van der Waals surface area contributed by atoms with Gasteiger partial charge in [-0.3, -0.25) is 0 Å². The second-order valence-corrected chi connectivity index (χ2v) is 3.65. The lowest BCUT2D eigenvalue weighted by Crippen LogP contribution is -2.11. The van der Waals surface area contributed by atoms with Gasteiger partial charge in [-0.15, -0.1) is 0 Å². The van der Waals surface area contributed by atoms with E-state index in [1.165, 1.54) is 0 Å². The Kier molecular flexibility index (Phi) is 3.27. The molecule has 2 rings (SSSR count). The molecule has 0 saturated heterocycles. The van der Waals surface area contributed by atoms with E-state index < -0.39 is 0 Å². The molecule has 0 saturated carbocycles. The summed E-state index contributed by atoms with van der Waals surface area (Å²) in [6.07, 6.45) is 0. The maximum absolute atomic E-state index is 6.01. The summed E-state index contributed by atoms with van der Waals surface area (Å²) in [7, 11) is 0. The van der Waals surface area contributed by atoms with Gasteiger partial charge in [-0.2, -0.15) is 9.97 Å². The molecule has 0 aliphatic heterocycles. The fourth-order valence-corrected chi connectivity index (χ4v) is 1.49. The van der Waals surface area contributed by atoms with Crippen LogP contribution in [-0.2, 0) is 0 Å². The predicted octanol–water partition coefficient (Wildman–Crippen LogP) is 1.74. The van der Waals surface area contributed by atoms with Crippen LogP contribution in [0.5, 0.6) is 0 Å². The lowest BCUT2D eigenvalue weighted by atomic mass is 10.3. The Balaban J connectivity index is 2.30. The van der Waals surface area contributed by atoms with Crippen LogP contribution >= 0.6 is 11.6 Å². The number of para-hydroxylation sites is 1. The Hall–Kier alpha value is -2.05. The smallest absolute Gasteiger partial charge is 0.223 e. The van der Waals surface area contributed by atoms with Crippen molar-refractivity contribution in [1.82, 2.24) is 9.97 Å². The number of anilines is 4. The monoisotopic (exact) mass is 250 g/mol. The van der Waals surface area contributed by atoms with E-state index in [-0.39, 0.29) is 5.95 Å². The zero-order chi connectivity index (χ0) is 12.3. The average molecular weight is 251 g/mol. The van der Waals surface area contributed by atoms with Crippen LogP contribution in [-0.4, -0.2) is 9.97 Å². The first kappa shape index (κ1) is 11.4. The molecule has 17 heavy (non-hydrogen) atoms. The third kappa shape index (κ3) is 2.74. The molecule has 0 radical (unpaired) electrons. The van der Waals surface area contributed by atoms with Crippen molar-refractivity contribution in [3.05, 3.63) is 35.4 Å². The van der Waals surface area contributed by atoms with Gasteiger partial charge < -0.3 is 16.5 Å². The number of nitrogens with one attached hydrogen (secondary N) is 2. The van der Waals surface area contributed by atoms with Gasteiger partial charge in [0.1, 0.15) is 11.6 Å². The fourth-order valence-electron chi connectivity index (χ4n) is 1.30. The van der Waals surface area contributed by atoms with E-state index in [9.17, 15) is 0 Å². The van der Waals surface area contributed by atoms with Crippen LogP contribution in [0.4, 0.5) is 23.3 Å². The molecule has 6 nitrogen and oxygen atoms in total. The zero-order valence-corrected chi connectivity index (χ0v) is 9.57. The molecule has 2 aromatic rings. The van der Waals surface area contributed by atoms with Gasteiger partial charge in [0, 0.05) is 6.07 Å². The van der Waals surface area contributed by atoms with Crippen molar-refractivity contribution < 1.29 is 0 Å².